The van der Waals surface area contributed by atoms with Crippen LogP contribution in [0.2, 0.25) is 0 Å². The maximum absolute atomic E-state index is 12.3. The van der Waals surface area contributed by atoms with E-state index >= 15 is 0 Å². The van der Waals surface area contributed by atoms with Crippen molar-refractivity contribution in [3.8, 4) is 0 Å². The van der Waals surface area contributed by atoms with Crippen LogP contribution in [0, 0.1) is 13.8 Å². The van der Waals surface area contributed by atoms with Crippen LogP contribution in [0.1, 0.15) is 28.0 Å². The Hall–Kier alpha value is -2.12. The average molecular weight is 276 g/mol. The van der Waals surface area contributed by atoms with E-state index in [0.29, 0.717) is 5.69 Å². The standard InChI is InChI=1S/C11H11F3N2O3/c1-5-3-6(2)15-10(18)9(5)7(17)4-8(16-19)11(12,13)14/h3,19H,4H2,1-2H3,(H,15,18). The van der Waals surface area contributed by atoms with Crippen LogP contribution in [0.5, 0.6) is 0 Å². The van der Waals surface area contributed by atoms with Gasteiger partial charge in [0.05, 0.1) is 12.0 Å². The fraction of sp³-hybridized carbons (Fsp3) is 0.364. The van der Waals surface area contributed by atoms with E-state index in [9.17, 15) is 22.8 Å². The number of H-pyrrole nitrogens is 1. The molecule has 0 unspecified atom stereocenters. The number of carbonyl (C=O) groups is 1. The Kier molecular flexibility index (Phi) is 4.13. The molecule has 0 radical (unpaired) electrons. The Morgan fingerprint density at radius 1 is 1.42 bits per heavy atom. The van der Waals surface area contributed by atoms with Gasteiger partial charge in [0.25, 0.3) is 5.56 Å². The van der Waals surface area contributed by atoms with Crippen molar-refractivity contribution in [2.45, 2.75) is 26.4 Å². The Morgan fingerprint density at radius 2 is 2.00 bits per heavy atom. The Labute approximate surface area is 105 Å². The number of ketones is 1. The quantitative estimate of drug-likeness (QED) is 0.383. The number of Topliss-reactive ketones (excluding diaryl/α,β-unsaturated/α-hetero) is 1. The van der Waals surface area contributed by atoms with Gasteiger partial charge in [-0.15, -0.1) is 0 Å². The number of oxime groups is 1. The molecule has 1 aromatic rings. The molecule has 2 N–H and O–H groups in total. The Morgan fingerprint density at radius 3 is 2.42 bits per heavy atom. The van der Waals surface area contributed by atoms with Crippen molar-refractivity contribution in [2.75, 3.05) is 0 Å². The molecule has 0 fully saturated rings. The van der Waals surface area contributed by atoms with Gasteiger partial charge in [-0.25, -0.2) is 0 Å². The summed E-state index contributed by atoms with van der Waals surface area (Å²) in [5, 5.41) is 10.3. The molecule has 19 heavy (non-hydrogen) atoms. The third kappa shape index (κ3) is 3.43. The number of rotatable bonds is 3. The van der Waals surface area contributed by atoms with Gasteiger partial charge in [-0.1, -0.05) is 5.16 Å². The lowest BCUT2D eigenvalue weighted by Crippen LogP contribution is -2.29. The molecule has 0 spiro atoms. The number of carbonyl (C=O) groups excluding carboxylic acids is 1. The van der Waals surface area contributed by atoms with Crippen LogP contribution >= 0.6 is 0 Å². The summed E-state index contributed by atoms with van der Waals surface area (Å²) in [6, 6.07) is 1.47. The van der Waals surface area contributed by atoms with Gasteiger partial charge in [0.2, 0.25) is 0 Å². The summed E-state index contributed by atoms with van der Waals surface area (Å²) in [5.74, 6) is -1.05. The lowest BCUT2D eigenvalue weighted by atomic mass is 10.0. The topological polar surface area (TPSA) is 82.5 Å². The molecule has 0 bridgehead atoms. The second-order valence-corrected chi connectivity index (χ2v) is 3.98. The van der Waals surface area contributed by atoms with Crippen molar-refractivity contribution in [1.29, 1.82) is 0 Å². The average Bonchev–Trinajstić information content (AvgIpc) is 2.22. The van der Waals surface area contributed by atoms with Crippen molar-refractivity contribution in [2.24, 2.45) is 5.16 Å². The summed E-state index contributed by atoms with van der Waals surface area (Å²) in [4.78, 5) is 25.6. The zero-order chi connectivity index (χ0) is 14.8. The number of halogens is 3. The van der Waals surface area contributed by atoms with Gasteiger partial charge < -0.3 is 10.2 Å². The van der Waals surface area contributed by atoms with Gasteiger partial charge in [0.1, 0.15) is 0 Å². The molecule has 0 aromatic carbocycles. The minimum Gasteiger partial charge on any atom is -0.411 e. The number of pyridine rings is 1. The molecule has 8 heteroatoms. The minimum absolute atomic E-state index is 0.269. The number of aromatic amines is 1. The van der Waals surface area contributed by atoms with Crippen LogP contribution in [-0.4, -0.2) is 27.9 Å². The van der Waals surface area contributed by atoms with Crippen LogP contribution in [-0.2, 0) is 0 Å². The number of hydrogen-bond donors (Lipinski definition) is 2. The number of alkyl halides is 3. The Bertz CT molecular complexity index is 588. The summed E-state index contributed by atoms with van der Waals surface area (Å²) in [7, 11) is 0. The molecule has 0 aliphatic heterocycles. The van der Waals surface area contributed by atoms with Crippen LogP contribution in [0.4, 0.5) is 13.2 Å². The smallest absolute Gasteiger partial charge is 0.411 e. The lowest BCUT2D eigenvalue weighted by Gasteiger charge is -2.09. The van der Waals surface area contributed by atoms with E-state index in [0.717, 1.165) is 0 Å². The van der Waals surface area contributed by atoms with Crippen molar-refractivity contribution >= 4 is 11.5 Å². The molecule has 1 heterocycles. The first-order valence-electron chi connectivity index (χ1n) is 5.18. The molecule has 5 nitrogen and oxygen atoms in total. The largest absolute Gasteiger partial charge is 0.433 e. The van der Waals surface area contributed by atoms with Crippen LogP contribution in [0.3, 0.4) is 0 Å². The summed E-state index contributed by atoms with van der Waals surface area (Å²) in [6.45, 7) is 3.03. The number of nitrogens with zero attached hydrogens (tertiary/aromatic N) is 1. The zero-order valence-electron chi connectivity index (χ0n) is 10.1. The first-order valence-corrected chi connectivity index (χ1v) is 5.18. The first kappa shape index (κ1) is 14.9. The van der Waals surface area contributed by atoms with Crippen molar-refractivity contribution < 1.29 is 23.2 Å². The first-order chi connectivity index (χ1) is 8.66. The van der Waals surface area contributed by atoms with Gasteiger partial charge >= 0.3 is 6.18 Å². The summed E-state index contributed by atoms with van der Waals surface area (Å²) < 4.78 is 37.0. The molecule has 0 saturated carbocycles. The van der Waals surface area contributed by atoms with Crippen molar-refractivity contribution in [3.63, 3.8) is 0 Å². The summed E-state index contributed by atoms with van der Waals surface area (Å²) in [5.41, 5.74) is -2.01. The minimum atomic E-state index is -4.92. The number of nitrogens with one attached hydrogen (secondary N) is 1. The maximum atomic E-state index is 12.3. The second-order valence-electron chi connectivity index (χ2n) is 3.98. The predicted octanol–water partition coefficient (Wildman–Crippen LogP) is 1.96. The highest BCUT2D eigenvalue weighted by Gasteiger charge is 2.38. The molecule has 0 aliphatic carbocycles. The molecule has 0 aliphatic rings. The molecular weight excluding hydrogens is 265 g/mol. The number of hydrogen-bond acceptors (Lipinski definition) is 4. The monoisotopic (exact) mass is 276 g/mol. The van der Waals surface area contributed by atoms with Crippen molar-refractivity contribution in [1.82, 2.24) is 4.98 Å². The third-order valence-electron chi connectivity index (χ3n) is 2.42. The van der Waals surface area contributed by atoms with E-state index in [2.05, 4.69) is 10.1 Å². The van der Waals surface area contributed by atoms with Gasteiger partial charge in [0.15, 0.2) is 11.5 Å². The van der Waals surface area contributed by atoms with E-state index in [1.54, 1.807) is 6.92 Å². The predicted molar refractivity (Wildman–Crippen MR) is 60.8 cm³/mol. The van der Waals surface area contributed by atoms with Gasteiger partial charge in [-0.05, 0) is 25.5 Å². The van der Waals surface area contributed by atoms with E-state index in [1.165, 1.54) is 13.0 Å². The number of aryl methyl sites for hydroxylation is 2. The van der Waals surface area contributed by atoms with Crippen molar-refractivity contribution in [3.05, 3.63) is 33.2 Å². The van der Waals surface area contributed by atoms with E-state index in [-0.39, 0.29) is 11.1 Å². The maximum Gasteiger partial charge on any atom is 0.433 e. The van der Waals surface area contributed by atoms with Gasteiger partial charge in [0, 0.05) is 5.69 Å². The SMILES string of the molecule is Cc1cc(C)c(C(=O)CC(=NO)C(F)(F)F)c(=O)[nH]1. The number of aromatic nitrogens is 1. The highest BCUT2D eigenvalue weighted by atomic mass is 19.4. The fourth-order valence-corrected chi connectivity index (χ4v) is 1.63. The zero-order valence-corrected chi connectivity index (χ0v) is 10.1. The van der Waals surface area contributed by atoms with E-state index < -0.39 is 29.7 Å². The summed E-state index contributed by atoms with van der Waals surface area (Å²) >= 11 is 0. The fourth-order valence-electron chi connectivity index (χ4n) is 1.63. The second kappa shape index (κ2) is 5.25. The van der Waals surface area contributed by atoms with Crippen LogP contribution in [0.25, 0.3) is 0 Å². The van der Waals surface area contributed by atoms with E-state index in [1.807, 2.05) is 0 Å². The molecule has 1 rings (SSSR count). The van der Waals surface area contributed by atoms with E-state index in [4.69, 9.17) is 5.21 Å². The lowest BCUT2D eigenvalue weighted by molar-refractivity contribution is -0.0623. The van der Waals surface area contributed by atoms with Gasteiger partial charge in [-0.2, -0.15) is 13.2 Å². The summed E-state index contributed by atoms with van der Waals surface area (Å²) in [6.07, 6.45) is -6.11. The molecule has 0 atom stereocenters. The van der Waals surface area contributed by atoms with Crippen LogP contribution in [0.15, 0.2) is 16.0 Å². The molecule has 0 saturated heterocycles. The molecular formula is C11H11F3N2O3. The molecule has 104 valence electrons. The molecule has 0 amide bonds. The Balaban J connectivity index is 3.14. The third-order valence-corrected chi connectivity index (χ3v) is 2.42. The van der Waals surface area contributed by atoms with Gasteiger partial charge in [-0.3, -0.25) is 9.59 Å². The highest BCUT2D eigenvalue weighted by Crippen LogP contribution is 2.20. The van der Waals surface area contributed by atoms with Crippen LogP contribution < -0.4 is 5.56 Å². The highest BCUT2D eigenvalue weighted by molar-refractivity contribution is 6.11. The normalized spacial score (nSPS) is 12.6. The molecule has 1 aromatic heterocycles.